The van der Waals surface area contributed by atoms with E-state index < -0.39 is 6.10 Å². The molecule has 0 aromatic rings. The van der Waals surface area contributed by atoms with E-state index >= 15 is 0 Å². The van der Waals surface area contributed by atoms with Crippen molar-refractivity contribution >= 4 is 17.9 Å². The predicted octanol–water partition coefficient (Wildman–Crippen LogP) is 18.1. The monoisotopic (exact) mass is 877 g/mol. The molecule has 0 aliphatic carbocycles. The van der Waals surface area contributed by atoms with Crippen LogP contribution < -0.4 is 0 Å². The minimum atomic E-state index is -0.762. The first-order valence-corrected chi connectivity index (χ1v) is 27.8. The van der Waals surface area contributed by atoms with Crippen LogP contribution in [0.25, 0.3) is 0 Å². The van der Waals surface area contributed by atoms with Gasteiger partial charge < -0.3 is 14.2 Å². The summed E-state index contributed by atoms with van der Waals surface area (Å²) in [6.45, 7) is 11.4. The van der Waals surface area contributed by atoms with Gasteiger partial charge >= 0.3 is 17.9 Å². The molecule has 0 rings (SSSR count). The second-order valence-corrected chi connectivity index (χ2v) is 19.9. The molecule has 0 bridgehead atoms. The first-order valence-electron chi connectivity index (χ1n) is 27.8. The summed E-state index contributed by atoms with van der Waals surface area (Å²) < 4.78 is 16.8. The lowest BCUT2D eigenvalue weighted by Gasteiger charge is -2.18. The summed E-state index contributed by atoms with van der Waals surface area (Å²) in [7, 11) is 0. The largest absolute Gasteiger partial charge is 0.462 e. The summed E-state index contributed by atoms with van der Waals surface area (Å²) in [6, 6.07) is 0. The van der Waals surface area contributed by atoms with Gasteiger partial charge in [-0.2, -0.15) is 0 Å². The smallest absolute Gasteiger partial charge is 0.306 e. The lowest BCUT2D eigenvalue weighted by atomic mass is 9.99. The SMILES string of the molecule is CCCCCCCCCCCCCC(=O)OC[C@H](COC(=O)CCCCCCCCCCC(C)CC)OC(=O)CCCCCCCCCCCCCCCCCCCCC(C)C. The molecule has 0 radical (unpaired) electrons. The number of esters is 3. The third-order valence-corrected chi connectivity index (χ3v) is 13.1. The van der Waals surface area contributed by atoms with E-state index in [1.54, 1.807) is 0 Å². The van der Waals surface area contributed by atoms with E-state index in [9.17, 15) is 14.4 Å². The molecule has 0 N–H and O–H groups in total. The van der Waals surface area contributed by atoms with Crippen molar-refractivity contribution in [1.82, 2.24) is 0 Å². The standard InChI is InChI=1S/C56H108O6/c1-6-8-9-10-11-12-21-25-31-36-41-46-54(57)60-49-53(50-61-55(58)47-42-37-32-28-27-30-35-40-45-52(5)7-2)62-56(59)48-43-38-33-26-23-20-18-16-14-13-15-17-19-22-24-29-34-39-44-51(3)4/h51-53H,6-50H2,1-5H3/t52?,53-/m1/s1. The summed E-state index contributed by atoms with van der Waals surface area (Å²) in [4.78, 5) is 38.0. The van der Waals surface area contributed by atoms with Crippen LogP contribution >= 0.6 is 0 Å². The molecule has 0 aliphatic rings. The maximum atomic E-state index is 12.8. The fourth-order valence-electron chi connectivity index (χ4n) is 8.49. The van der Waals surface area contributed by atoms with E-state index in [0.29, 0.717) is 19.3 Å². The second-order valence-electron chi connectivity index (χ2n) is 19.9. The van der Waals surface area contributed by atoms with Gasteiger partial charge in [-0.1, -0.05) is 272 Å². The average Bonchev–Trinajstić information content (AvgIpc) is 3.26. The molecule has 0 aliphatic heterocycles. The molecule has 0 saturated carbocycles. The molecule has 0 saturated heterocycles. The van der Waals surface area contributed by atoms with Gasteiger partial charge in [-0.15, -0.1) is 0 Å². The van der Waals surface area contributed by atoms with Gasteiger partial charge in [0.15, 0.2) is 6.10 Å². The van der Waals surface area contributed by atoms with Crippen LogP contribution in [0.2, 0.25) is 0 Å². The molecule has 0 amide bonds. The van der Waals surface area contributed by atoms with Crippen LogP contribution in [-0.2, 0) is 28.6 Å². The number of hydrogen-bond donors (Lipinski definition) is 0. The zero-order chi connectivity index (χ0) is 45.4. The van der Waals surface area contributed by atoms with Crippen molar-refractivity contribution in [2.75, 3.05) is 13.2 Å². The molecular weight excluding hydrogens is 769 g/mol. The highest BCUT2D eigenvalue weighted by atomic mass is 16.6. The zero-order valence-corrected chi connectivity index (χ0v) is 42.5. The highest BCUT2D eigenvalue weighted by Crippen LogP contribution is 2.18. The first-order chi connectivity index (χ1) is 30.3. The Hall–Kier alpha value is -1.59. The van der Waals surface area contributed by atoms with E-state index in [4.69, 9.17) is 14.2 Å². The highest BCUT2D eigenvalue weighted by Gasteiger charge is 2.19. The van der Waals surface area contributed by atoms with Crippen LogP contribution in [0.4, 0.5) is 0 Å². The van der Waals surface area contributed by atoms with E-state index in [0.717, 1.165) is 69.6 Å². The molecule has 0 aromatic carbocycles. The molecule has 0 fully saturated rings. The van der Waals surface area contributed by atoms with Crippen LogP contribution in [0.3, 0.4) is 0 Å². The topological polar surface area (TPSA) is 78.9 Å². The summed E-state index contributed by atoms with van der Waals surface area (Å²) in [5.74, 6) is 0.861. The second kappa shape index (κ2) is 48.9. The maximum Gasteiger partial charge on any atom is 0.306 e. The van der Waals surface area contributed by atoms with Crippen molar-refractivity contribution in [3.05, 3.63) is 0 Å². The van der Waals surface area contributed by atoms with Gasteiger partial charge in [0.2, 0.25) is 0 Å². The number of rotatable bonds is 50. The quantitative estimate of drug-likeness (QED) is 0.0344. The number of ether oxygens (including phenoxy) is 3. The van der Waals surface area contributed by atoms with Gasteiger partial charge in [0.1, 0.15) is 13.2 Å². The van der Waals surface area contributed by atoms with Crippen molar-refractivity contribution in [3.63, 3.8) is 0 Å². The Morgan fingerprint density at radius 3 is 0.919 bits per heavy atom. The van der Waals surface area contributed by atoms with E-state index in [1.807, 2.05) is 0 Å². The van der Waals surface area contributed by atoms with E-state index in [2.05, 4.69) is 34.6 Å². The number of unbranched alkanes of at least 4 members (excludes halogenated alkanes) is 34. The Morgan fingerprint density at radius 2 is 0.613 bits per heavy atom. The minimum Gasteiger partial charge on any atom is -0.462 e. The lowest BCUT2D eigenvalue weighted by molar-refractivity contribution is -0.167. The predicted molar refractivity (Wildman–Crippen MR) is 266 cm³/mol. The van der Waals surface area contributed by atoms with Crippen molar-refractivity contribution in [2.45, 2.75) is 317 Å². The summed E-state index contributed by atoms with van der Waals surface area (Å²) in [5.41, 5.74) is 0. The molecule has 62 heavy (non-hydrogen) atoms. The Labute approximate surface area is 387 Å². The van der Waals surface area contributed by atoms with Gasteiger partial charge in [0, 0.05) is 19.3 Å². The number of carbonyl (C=O) groups excluding carboxylic acids is 3. The lowest BCUT2D eigenvalue weighted by Crippen LogP contribution is -2.30. The fraction of sp³-hybridized carbons (Fsp3) is 0.946. The average molecular weight is 877 g/mol. The van der Waals surface area contributed by atoms with Gasteiger partial charge in [-0.05, 0) is 31.1 Å². The van der Waals surface area contributed by atoms with Gasteiger partial charge in [-0.3, -0.25) is 14.4 Å². The van der Waals surface area contributed by atoms with Crippen molar-refractivity contribution in [2.24, 2.45) is 11.8 Å². The Balaban J connectivity index is 4.23. The Bertz CT molecular complexity index is 949. The van der Waals surface area contributed by atoms with Crippen molar-refractivity contribution < 1.29 is 28.6 Å². The van der Waals surface area contributed by atoms with Crippen molar-refractivity contribution in [1.29, 1.82) is 0 Å². The molecule has 368 valence electrons. The van der Waals surface area contributed by atoms with Crippen molar-refractivity contribution in [3.8, 4) is 0 Å². The van der Waals surface area contributed by atoms with Gasteiger partial charge in [0.05, 0.1) is 0 Å². The Morgan fingerprint density at radius 1 is 0.339 bits per heavy atom. The number of hydrogen-bond acceptors (Lipinski definition) is 6. The van der Waals surface area contributed by atoms with Crippen LogP contribution in [-0.4, -0.2) is 37.2 Å². The molecule has 0 aromatic heterocycles. The summed E-state index contributed by atoms with van der Waals surface area (Å²) >= 11 is 0. The molecular formula is C56H108O6. The normalized spacial score (nSPS) is 12.5. The molecule has 0 heterocycles. The third-order valence-electron chi connectivity index (χ3n) is 13.1. The van der Waals surface area contributed by atoms with Crippen LogP contribution in [0.5, 0.6) is 0 Å². The molecule has 0 spiro atoms. The summed E-state index contributed by atoms with van der Waals surface area (Å²) in [6.07, 6.45) is 50.9. The Kier molecular flexibility index (Phi) is 47.6. The number of carbonyl (C=O) groups is 3. The summed E-state index contributed by atoms with van der Waals surface area (Å²) in [5, 5.41) is 0. The molecule has 6 nitrogen and oxygen atoms in total. The van der Waals surface area contributed by atoms with Crippen LogP contribution in [0, 0.1) is 11.8 Å². The third kappa shape index (κ3) is 47.9. The highest BCUT2D eigenvalue weighted by molar-refractivity contribution is 5.71. The molecule has 2 atom stereocenters. The minimum absolute atomic E-state index is 0.0635. The van der Waals surface area contributed by atoms with E-state index in [1.165, 1.54) is 199 Å². The van der Waals surface area contributed by atoms with Gasteiger partial charge in [-0.25, -0.2) is 0 Å². The first kappa shape index (κ1) is 60.4. The molecule has 1 unspecified atom stereocenters. The van der Waals surface area contributed by atoms with Crippen LogP contribution in [0.15, 0.2) is 0 Å². The zero-order valence-electron chi connectivity index (χ0n) is 42.5. The maximum absolute atomic E-state index is 12.8. The fourth-order valence-corrected chi connectivity index (χ4v) is 8.49. The van der Waals surface area contributed by atoms with Gasteiger partial charge in [0.25, 0.3) is 0 Å². The molecule has 6 heteroatoms. The van der Waals surface area contributed by atoms with Crippen LogP contribution in [0.1, 0.15) is 311 Å². The van der Waals surface area contributed by atoms with E-state index in [-0.39, 0.29) is 31.1 Å².